The van der Waals surface area contributed by atoms with E-state index in [4.69, 9.17) is 9.84 Å². The lowest BCUT2D eigenvalue weighted by Gasteiger charge is -2.07. The summed E-state index contributed by atoms with van der Waals surface area (Å²) in [5, 5.41) is 19.6. The molecule has 1 aromatic carbocycles. The summed E-state index contributed by atoms with van der Waals surface area (Å²) in [6.07, 6.45) is -4.95. The molecule has 0 amide bonds. The summed E-state index contributed by atoms with van der Waals surface area (Å²) in [7, 11) is 1.09. The number of halogens is 3. The molecule has 0 aliphatic heterocycles. The van der Waals surface area contributed by atoms with Crippen molar-refractivity contribution in [2.24, 2.45) is 4.99 Å². The van der Waals surface area contributed by atoms with Gasteiger partial charge >= 0.3 is 12.3 Å². The van der Waals surface area contributed by atoms with Gasteiger partial charge in [0.2, 0.25) is 0 Å². The fourth-order valence-electron chi connectivity index (χ4n) is 1.29. The molecule has 0 unspecified atom stereocenters. The lowest BCUT2D eigenvalue weighted by molar-refractivity contribution is -0.385. The van der Waals surface area contributed by atoms with Gasteiger partial charge in [-0.15, -0.1) is 13.2 Å². The molecule has 11 heteroatoms. The average Bonchev–Trinajstić information content (AvgIpc) is 2.36. The van der Waals surface area contributed by atoms with Gasteiger partial charge in [-0.3, -0.25) is 10.1 Å². The van der Waals surface area contributed by atoms with E-state index in [0.717, 1.165) is 13.2 Å². The van der Waals surface area contributed by atoms with Crippen LogP contribution in [0.15, 0.2) is 17.1 Å². The van der Waals surface area contributed by atoms with Gasteiger partial charge in [-0.1, -0.05) is 0 Å². The van der Waals surface area contributed by atoms with Crippen molar-refractivity contribution in [3.8, 4) is 5.75 Å². The molecule has 0 saturated carbocycles. The lowest BCUT2D eigenvalue weighted by Crippen LogP contribution is -2.11. The molecule has 0 aromatic heterocycles. The number of rotatable bonds is 5. The molecule has 0 heterocycles. The summed E-state index contributed by atoms with van der Waals surface area (Å²) in [6, 6.07) is 1.44. The van der Waals surface area contributed by atoms with Gasteiger partial charge in [0.25, 0.3) is 5.69 Å². The van der Waals surface area contributed by atoms with Crippen molar-refractivity contribution in [2.75, 3.05) is 7.11 Å². The SMILES string of the molecule is COc1cc(C(=O)O)c([N+](=O)[O-])cc1N=COC(F)(F)F. The number of nitro benzene ring substituents is 1. The minimum atomic E-state index is -4.97. The highest BCUT2D eigenvalue weighted by Crippen LogP contribution is 2.34. The van der Waals surface area contributed by atoms with Crippen LogP contribution in [0.25, 0.3) is 0 Å². The molecule has 0 radical (unpaired) electrons. The molecule has 1 aromatic rings. The number of hydrogen-bond acceptors (Lipinski definition) is 6. The molecular formula is C10H7F3N2O6. The van der Waals surface area contributed by atoms with Gasteiger partial charge in [-0.05, 0) is 0 Å². The lowest BCUT2D eigenvalue weighted by atomic mass is 10.1. The molecule has 0 spiro atoms. The van der Waals surface area contributed by atoms with E-state index in [9.17, 15) is 28.1 Å². The van der Waals surface area contributed by atoms with Crippen molar-refractivity contribution < 1.29 is 37.5 Å². The Bertz CT molecular complexity index is 599. The fraction of sp³-hybridized carbons (Fsp3) is 0.200. The number of aromatic carboxylic acids is 1. The predicted octanol–water partition coefficient (Wildman–Crippen LogP) is 2.50. The number of carboxylic acids is 1. The molecule has 21 heavy (non-hydrogen) atoms. The maximum atomic E-state index is 11.8. The van der Waals surface area contributed by atoms with E-state index >= 15 is 0 Å². The first-order chi connectivity index (χ1) is 9.65. The van der Waals surface area contributed by atoms with Gasteiger partial charge in [0.05, 0.1) is 12.0 Å². The minimum absolute atomic E-state index is 0.0159. The first-order valence-corrected chi connectivity index (χ1v) is 5.02. The highest BCUT2D eigenvalue weighted by atomic mass is 19.4. The van der Waals surface area contributed by atoms with Gasteiger partial charge < -0.3 is 14.6 Å². The molecule has 0 bridgehead atoms. The van der Waals surface area contributed by atoms with Crippen molar-refractivity contribution in [1.82, 2.24) is 0 Å². The molecule has 8 nitrogen and oxygen atoms in total. The number of ether oxygens (including phenoxy) is 2. The monoisotopic (exact) mass is 308 g/mol. The Morgan fingerprint density at radius 2 is 2.10 bits per heavy atom. The van der Waals surface area contributed by atoms with Gasteiger partial charge in [-0.25, -0.2) is 9.79 Å². The third-order valence-corrected chi connectivity index (χ3v) is 2.10. The molecule has 0 saturated heterocycles. The zero-order valence-corrected chi connectivity index (χ0v) is 10.2. The highest BCUT2D eigenvalue weighted by molar-refractivity contribution is 5.94. The molecule has 0 fully saturated rings. The summed E-state index contributed by atoms with van der Waals surface area (Å²) in [4.78, 5) is 23.8. The highest BCUT2D eigenvalue weighted by Gasteiger charge is 2.29. The zero-order valence-electron chi connectivity index (χ0n) is 10.2. The van der Waals surface area contributed by atoms with E-state index in [2.05, 4.69) is 9.73 Å². The van der Waals surface area contributed by atoms with Crippen molar-refractivity contribution >= 4 is 23.7 Å². The van der Waals surface area contributed by atoms with Crippen LogP contribution in [-0.4, -0.2) is 35.9 Å². The van der Waals surface area contributed by atoms with Crippen molar-refractivity contribution in [3.05, 3.63) is 27.8 Å². The number of hydrogen-bond donors (Lipinski definition) is 1. The average molecular weight is 308 g/mol. The number of nitrogens with zero attached hydrogens (tertiary/aromatic N) is 2. The van der Waals surface area contributed by atoms with Gasteiger partial charge in [0, 0.05) is 12.1 Å². The van der Waals surface area contributed by atoms with Crippen LogP contribution in [0, 0.1) is 10.1 Å². The predicted molar refractivity (Wildman–Crippen MR) is 61.9 cm³/mol. The Morgan fingerprint density at radius 1 is 1.48 bits per heavy atom. The third-order valence-electron chi connectivity index (χ3n) is 2.10. The van der Waals surface area contributed by atoms with Crippen molar-refractivity contribution in [3.63, 3.8) is 0 Å². The fourth-order valence-corrected chi connectivity index (χ4v) is 1.29. The Hall–Kier alpha value is -2.85. The van der Waals surface area contributed by atoms with E-state index in [-0.39, 0.29) is 12.2 Å². The largest absolute Gasteiger partial charge is 0.573 e. The van der Waals surface area contributed by atoms with E-state index in [1.54, 1.807) is 0 Å². The standard InChI is InChI=1S/C10H7F3N2O6/c1-20-8-2-5(9(16)17)7(15(18)19)3-6(8)14-4-21-10(11,12)13/h2-4H,1H3,(H,16,17). The molecule has 0 atom stereocenters. The number of nitro groups is 1. The van der Waals surface area contributed by atoms with Crippen LogP contribution in [0.4, 0.5) is 24.5 Å². The molecule has 0 aliphatic carbocycles. The first-order valence-electron chi connectivity index (χ1n) is 5.02. The van der Waals surface area contributed by atoms with Crippen LogP contribution >= 0.6 is 0 Å². The normalized spacial score (nSPS) is 11.4. The van der Waals surface area contributed by atoms with E-state index in [1.807, 2.05) is 0 Å². The smallest absolute Gasteiger partial charge is 0.494 e. The van der Waals surface area contributed by atoms with Crippen LogP contribution in [0.5, 0.6) is 5.75 Å². The third kappa shape index (κ3) is 4.33. The summed E-state index contributed by atoms with van der Waals surface area (Å²) >= 11 is 0. The van der Waals surface area contributed by atoms with E-state index < -0.39 is 34.2 Å². The Kier molecular flexibility index (Phi) is 4.68. The number of alkyl halides is 3. The number of aliphatic imine (C=N–C) groups is 1. The Labute approximate surface area is 114 Å². The van der Waals surface area contributed by atoms with Gasteiger partial charge in [-0.2, -0.15) is 0 Å². The molecule has 1 N–H and O–H groups in total. The van der Waals surface area contributed by atoms with Crippen LogP contribution < -0.4 is 4.74 Å². The molecule has 114 valence electrons. The summed E-state index contributed by atoms with van der Waals surface area (Å²) in [6.45, 7) is 0. The van der Waals surface area contributed by atoms with Crippen molar-refractivity contribution in [1.29, 1.82) is 0 Å². The van der Waals surface area contributed by atoms with Crippen LogP contribution in [0.2, 0.25) is 0 Å². The van der Waals surface area contributed by atoms with Gasteiger partial charge in [0.15, 0.2) is 6.40 Å². The maximum absolute atomic E-state index is 11.8. The first kappa shape index (κ1) is 16.2. The van der Waals surface area contributed by atoms with Crippen LogP contribution in [0.1, 0.15) is 10.4 Å². The summed E-state index contributed by atoms with van der Waals surface area (Å²) < 4.78 is 43.4. The molecular weight excluding hydrogens is 301 g/mol. The second kappa shape index (κ2) is 6.07. The van der Waals surface area contributed by atoms with E-state index in [1.165, 1.54) is 0 Å². The second-order valence-electron chi connectivity index (χ2n) is 3.40. The molecule has 1 rings (SSSR count). The Morgan fingerprint density at radius 3 is 2.52 bits per heavy atom. The van der Waals surface area contributed by atoms with Crippen LogP contribution in [0.3, 0.4) is 0 Å². The zero-order chi connectivity index (χ0) is 16.2. The number of benzene rings is 1. The molecule has 0 aliphatic rings. The van der Waals surface area contributed by atoms with E-state index in [0.29, 0.717) is 6.07 Å². The minimum Gasteiger partial charge on any atom is -0.494 e. The number of carbonyl (C=O) groups is 1. The number of carboxylic acid groups (broad SMARTS) is 1. The summed E-state index contributed by atoms with van der Waals surface area (Å²) in [5.74, 6) is -1.86. The van der Waals surface area contributed by atoms with Gasteiger partial charge in [0.1, 0.15) is 17.0 Å². The second-order valence-corrected chi connectivity index (χ2v) is 3.40. The maximum Gasteiger partial charge on any atom is 0.573 e. The Balaban J connectivity index is 3.29. The number of methoxy groups -OCH3 is 1. The quantitative estimate of drug-likeness (QED) is 0.387. The van der Waals surface area contributed by atoms with Crippen molar-refractivity contribution in [2.45, 2.75) is 6.36 Å². The topological polar surface area (TPSA) is 111 Å². The summed E-state index contributed by atoms with van der Waals surface area (Å²) in [5.41, 5.74) is -1.92. The van der Waals surface area contributed by atoms with Crippen LogP contribution in [-0.2, 0) is 4.74 Å².